The number of carbonyl (C=O) groups is 2. The fourth-order valence-corrected chi connectivity index (χ4v) is 6.00. The van der Waals surface area contributed by atoms with E-state index >= 15 is 0 Å². The molecule has 1 aliphatic rings. The zero-order valence-electron chi connectivity index (χ0n) is 26.0. The van der Waals surface area contributed by atoms with Gasteiger partial charge in [0.1, 0.15) is 16.7 Å². The molecule has 17 heteroatoms. The quantitative estimate of drug-likeness (QED) is 0.124. The normalized spacial score (nSPS) is 14.0. The van der Waals surface area contributed by atoms with Crippen molar-refractivity contribution in [3.63, 3.8) is 0 Å². The van der Waals surface area contributed by atoms with Crippen molar-refractivity contribution < 1.29 is 36.3 Å². The van der Waals surface area contributed by atoms with Gasteiger partial charge in [-0.15, -0.1) is 0 Å². The molecule has 0 aliphatic carbocycles. The average molecular weight is 693 g/mol. The number of nitrogens with zero attached hydrogens (tertiary/aromatic N) is 5. The van der Waals surface area contributed by atoms with Gasteiger partial charge in [-0.25, -0.2) is 18.7 Å². The minimum Gasteiger partial charge on any atom is -0.385 e. The number of amides is 2. The van der Waals surface area contributed by atoms with E-state index in [2.05, 4.69) is 30.8 Å². The van der Waals surface area contributed by atoms with Gasteiger partial charge in [-0.1, -0.05) is 11.8 Å². The van der Waals surface area contributed by atoms with Gasteiger partial charge in [0.2, 0.25) is 5.65 Å². The molecule has 256 valence electrons. The van der Waals surface area contributed by atoms with Crippen LogP contribution in [0.25, 0.3) is 11.2 Å². The van der Waals surface area contributed by atoms with Crippen LogP contribution >= 0.6 is 11.8 Å². The van der Waals surface area contributed by atoms with Crippen LogP contribution in [-0.4, -0.2) is 89.5 Å². The number of unbranched alkanes of at least 4 members (excludes halogenated alkanes) is 1. The summed E-state index contributed by atoms with van der Waals surface area (Å²) in [5, 5.41) is 12.7. The Balaban J connectivity index is 1.47. The lowest BCUT2D eigenvalue weighted by molar-refractivity contribution is -0.171. The van der Waals surface area contributed by atoms with Crippen LogP contribution in [0.15, 0.2) is 52.5 Å². The molecule has 1 aliphatic heterocycles. The first-order valence-electron chi connectivity index (χ1n) is 15.1. The number of halogens is 5. The molecule has 3 heterocycles. The van der Waals surface area contributed by atoms with Gasteiger partial charge in [0.15, 0.2) is 11.3 Å². The summed E-state index contributed by atoms with van der Waals surface area (Å²) in [6, 6.07) is 6.38. The second kappa shape index (κ2) is 15.3. The molecule has 2 aromatic carbocycles. The number of aromatic amines is 1. The molecule has 5 rings (SSSR count). The molecule has 1 saturated heterocycles. The molecule has 0 saturated carbocycles. The SMILES string of the molecule is CN(C)CCCCNc1ccc(C(=O)Nc2[nH]nc3ncc(Sc4cc(F)cc(F)c4)nc23)c(N(C(=O)C(F)(F)F)C2CCOCC2)c1. The van der Waals surface area contributed by atoms with Crippen molar-refractivity contribution in [2.75, 3.05) is 55.9 Å². The monoisotopic (exact) mass is 692 g/mol. The van der Waals surface area contributed by atoms with E-state index in [0.29, 0.717) is 17.1 Å². The van der Waals surface area contributed by atoms with Gasteiger partial charge in [0, 0.05) is 42.4 Å². The van der Waals surface area contributed by atoms with Crippen LogP contribution in [0.1, 0.15) is 36.0 Å². The van der Waals surface area contributed by atoms with E-state index in [1.54, 1.807) is 6.07 Å². The van der Waals surface area contributed by atoms with Crippen molar-refractivity contribution in [1.29, 1.82) is 0 Å². The molecule has 0 spiro atoms. The Labute approximate surface area is 276 Å². The van der Waals surface area contributed by atoms with E-state index in [4.69, 9.17) is 4.74 Å². The van der Waals surface area contributed by atoms with Gasteiger partial charge in [-0.3, -0.25) is 14.7 Å². The van der Waals surface area contributed by atoms with Crippen molar-refractivity contribution in [3.05, 3.63) is 59.8 Å². The van der Waals surface area contributed by atoms with Crippen molar-refractivity contribution in [2.24, 2.45) is 0 Å². The zero-order chi connectivity index (χ0) is 34.4. The molecule has 3 N–H and O–H groups in total. The van der Waals surface area contributed by atoms with Gasteiger partial charge in [-0.05, 0) is 76.7 Å². The van der Waals surface area contributed by atoms with E-state index in [0.717, 1.165) is 49.3 Å². The number of rotatable bonds is 12. The molecule has 48 heavy (non-hydrogen) atoms. The standard InChI is InChI=1S/C31H33F5N8O3S/c1-43(2)10-4-3-9-37-20-5-6-23(24(16-20)44(30(46)31(34,35)36)21-7-11-47-12-8-21)29(45)40-28-26-27(41-42-28)38-17-25(39-26)48-22-14-18(32)13-19(33)15-22/h5-6,13-17,21,37H,3-4,7-12H2,1-2H3,(H2,38,40,41,42,45). The predicted molar refractivity (Wildman–Crippen MR) is 170 cm³/mol. The van der Waals surface area contributed by atoms with Crippen LogP contribution < -0.4 is 15.5 Å². The number of H-pyrrole nitrogens is 1. The molecule has 2 aromatic heterocycles. The summed E-state index contributed by atoms with van der Waals surface area (Å²) in [6.45, 7) is 1.68. The fraction of sp³-hybridized carbons (Fsp3) is 0.387. The Morgan fingerprint density at radius 2 is 1.79 bits per heavy atom. The third kappa shape index (κ3) is 8.76. The summed E-state index contributed by atoms with van der Waals surface area (Å²) in [4.78, 5) is 38.2. The second-order valence-corrected chi connectivity index (χ2v) is 12.4. The Hall–Kier alpha value is -4.35. The first kappa shape index (κ1) is 35.0. The first-order valence-corrected chi connectivity index (χ1v) is 15.9. The van der Waals surface area contributed by atoms with Crippen LogP contribution in [0.5, 0.6) is 0 Å². The first-order chi connectivity index (χ1) is 22.9. The Morgan fingerprint density at radius 3 is 2.48 bits per heavy atom. The number of hydrogen-bond acceptors (Lipinski definition) is 9. The van der Waals surface area contributed by atoms with Gasteiger partial charge in [0.05, 0.1) is 17.4 Å². The van der Waals surface area contributed by atoms with Crippen molar-refractivity contribution in [3.8, 4) is 0 Å². The molecule has 11 nitrogen and oxygen atoms in total. The summed E-state index contributed by atoms with van der Waals surface area (Å²) in [6.07, 6.45) is -1.93. The van der Waals surface area contributed by atoms with E-state index in [1.807, 2.05) is 19.0 Å². The lowest BCUT2D eigenvalue weighted by Gasteiger charge is -2.35. The molecular formula is C31H33F5N8O3S. The number of nitrogens with one attached hydrogen (secondary N) is 3. The maximum absolute atomic E-state index is 14.0. The third-order valence-corrected chi connectivity index (χ3v) is 8.30. The molecule has 0 bridgehead atoms. The van der Waals surface area contributed by atoms with Crippen molar-refractivity contribution in [1.82, 2.24) is 25.1 Å². The maximum atomic E-state index is 14.0. The Bertz CT molecular complexity index is 1740. The summed E-state index contributed by atoms with van der Waals surface area (Å²) >= 11 is 0.920. The molecule has 2 amide bonds. The average Bonchev–Trinajstić information content (AvgIpc) is 3.42. The Morgan fingerprint density at radius 1 is 1.06 bits per heavy atom. The highest BCUT2D eigenvalue weighted by atomic mass is 32.2. The number of fused-ring (bicyclic) bond motifs is 1. The van der Waals surface area contributed by atoms with Crippen LogP contribution in [-0.2, 0) is 9.53 Å². The van der Waals surface area contributed by atoms with Gasteiger partial charge < -0.3 is 25.2 Å². The highest BCUT2D eigenvalue weighted by Gasteiger charge is 2.46. The topological polar surface area (TPSA) is 128 Å². The number of carbonyl (C=O) groups excluding carboxylic acids is 2. The number of ether oxygens (including phenoxy) is 1. The fourth-order valence-electron chi connectivity index (χ4n) is 5.17. The maximum Gasteiger partial charge on any atom is 0.471 e. The van der Waals surface area contributed by atoms with Crippen LogP contribution in [0.3, 0.4) is 0 Å². The van der Waals surface area contributed by atoms with Crippen LogP contribution in [0.2, 0.25) is 0 Å². The zero-order valence-corrected chi connectivity index (χ0v) is 26.9. The summed E-state index contributed by atoms with van der Waals surface area (Å²) in [5.74, 6) is -4.51. The van der Waals surface area contributed by atoms with E-state index in [1.165, 1.54) is 18.3 Å². The summed E-state index contributed by atoms with van der Waals surface area (Å²) < 4.78 is 74.9. The summed E-state index contributed by atoms with van der Waals surface area (Å²) in [7, 11) is 3.91. The molecular weight excluding hydrogens is 659 g/mol. The number of alkyl halides is 3. The summed E-state index contributed by atoms with van der Waals surface area (Å²) in [5.41, 5.74) is 0.209. The van der Waals surface area contributed by atoms with E-state index in [-0.39, 0.29) is 64.2 Å². The van der Waals surface area contributed by atoms with E-state index < -0.39 is 35.7 Å². The van der Waals surface area contributed by atoms with Gasteiger partial charge in [-0.2, -0.15) is 18.3 Å². The minimum absolute atomic E-state index is 0.0239. The lowest BCUT2D eigenvalue weighted by Crippen LogP contribution is -2.50. The lowest BCUT2D eigenvalue weighted by atomic mass is 10.0. The largest absolute Gasteiger partial charge is 0.471 e. The Kier molecular flexibility index (Phi) is 11.1. The molecule has 4 aromatic rings. The second-order valence-electron chi connectivity index (χ2n) is 11.3. The number of hydrogen-bond donors (Lipinski definition) is 3. The molecule has 0 unspecified atom stereocenters. The minimum atomic E-state index is -5.21. The van der Waals surface area contributed by atoms with Crippen LogP contribution in [0, 0.1) is 11.6 Å². The predicted octanol–water partition coefficient (Wildman–Crippen LogP) is 5.86. The number of aromatic nitrogens is 4. The van der Waals surface area contributed by atoms with Crippen LogP contribution in [0.4, 0.5) is 39.1 Å². The van der Waals surface area contributed by atoms with Crippen molar-refractivity contribution >= 4 is 51.9 Å². The highest BCUT2D eigenvalue weighted by molar-refractivity contribution is 7.99. The smallest absolute Gasteiger partial charge is 0.385 e. The van der Waals surface area contributed by atoms with Crippen molar-refractivity contribution in [2.45, 2.75) is 47.8 Å². The molecule has 1 fully saturated rings. The van der Waals surface area contributed by atoms with E-state index in [9.17, 15) is 31.5 Å². The molecule has 0 radical (unpaired) electrons. The van der Waals surface area contributed by atoms with Gasteiger partial charge >= 0.3 is 12.1 Å². The highest BCUT2D eigenvalue weighted by Crippen LogP contribution is 2.35. The third-order valence-electron chi connectivity index (χ3n) is 7.42. The molecule has 0 atom stereocenters. The number of benzene rings is 2. The number of anilines is 3. The van der Waals surface area contributed by atoms with Gasteiger partial charge in [0.25, 0.3) is 5.91 Å².